The highest BCUT2D eigenvalue weighted by Gasteiger charge is 2.41. The normalized spacial score (nSPS) is 23.9. The monoisotopic (exact) mass is 423 g/mol. The molecule has 1 aliphatic heterocycles. The quantitative estimate of drug-likeness (QED) is 0.762. The summed E-state index contributed by atoms with van der Waals surface area (Å²) < 4.78 is 51.4. The molecular formula is C18H25ClF3N3O3. The van der Waals surface area contributed by atoms with Crippen LogP contribution in [0.4, 0.5) is 13.2 Å². The minimum absolute atomic E-state index is 0. The van der Waals surface area contributed by atoms with Crippen molar-refractivity contribution in [1.29, 1.82) is 0 Å². The van der Waals surface area contributed by atoms with E-state index in [-0.39, 0.29) is 55.5 Å². The molecule has 1 aromatic heterocycles. The summed E-state index contributed by atoms with van der Waals surface area (Å²) in [6.07, 6.45) is 0.364. The topological polar surface area (TPSA) is 63.7 Å². The van der Waals surface area contributed by atoms with Gasteiger partial charge in [0.15, 0.2) is 5.82 Å². The van der Waals surface area contributed by atoms with Gasteiger partial charge in [0.2, 0.25) is 11.8 Å². The second kappa shape index (κ2) is 9.17. The number of carbonyl (C=O) groups excluding carboxylic acids is 1. The number of hydrogen-bond acceptors (Lipinski definition) is 5. The third-order valence-electron chi connectivity index (χ3n) is 5.09. The molecule has 0 spiro atoms. The second-order valence-electron chi connectivity index (χ2n) is 7.14. The summed E-state index contributed by atoms with van der Waals surface area (Å²) in [7, 11) is 3.25. The molecule has 158 valence electrons. The van der Waals surface area contributed by atoms with Crippen molar-refractivity contribution < 1.29 is 27.4 Å². The van der Waals surface area contributed by atoms with Crippen LogP contribution in [0, 0.1) is 5.82 Å². The van der Waals surface area contributed by atoms with Gasteiger partial charge in [-0.3, -0.25) is 9.69 Å². The number of likely N-dealkylation sites (tertiary alicyclic amines) is 1. The number of rotatable bonds is 6. The van der Waals surface area contributed by atoms with Crippen molar-refractivity contribution in [2.24, 2.45) is 0 Å². The van der Waals surface area contributed by atoms with Gasteiger partial charge in [0, 0.05) is 24.9 Å². The maximum Gasteiger partial charge on any atom is 0.254 e. The highest BCUT2D eigenvalue weighted by molar-refractivity contribution is 5.85. The molecule has 2 heterocycles. The lowest BCUT2D eigenvalue weighted by atomic mass is 10.2. The Kier molecular flexibility index (Phi) is 7.39. The maximum absolute atomic E-state index is 14.3. The molecule has 2 atom stereocenters. The number of aromatic nitrogens is 1. The van der Waals surface area contributed by atoms with Crippen LogP contribution in [0.15, 0.2) is 6.07 Å². The molecule has 1 aromatic rings. The van der Waals surface area contributed by atoms with Gasteiger partial charge >= 0.3 is 0 Å². The zero-order valence-corrected chi connectivity index (χ0v) is 16.7. The number of nitrogens with one attached hydrogen (secondary N) is 1. The highest BCUT2D eigenvalue weighted by atomic mass is 35.5. The smallest absolute Gasteiger partial charge is 0.254 e. The summed E-state index contributed by atoms with van der Waals surface area (Å²) in [6.45, 7) is 0.919. The zero-order chi connectivity index (χ0) is 19.6. The minimum Gasteiger partial charge on any atom is -0.481 e. The molecule has 0 radical (unpaired) electrons. The SMILES string of the molecule is COc1nc(O[C@@H]2CCC(F)(F)C2)c(F)cc1CNC(=O)C1CCCN1C.Cl. The van der Waals surface area contributed by atoms with Gasteiger partial charge in [-0.15, -0.1) is 12.4 Å². The fourth-order valence-corrected chi connectivity index (χ4v) is 3.59. The van der Waals surface area contributed by atoms with Gasteiger partial charge in [-0.1, -0.05) is 0 Å². The number of nitrogens with zero attached hydrogens (tertiary/aromatic N) is 2. The van der Waals surface area contributed by atoms with E-state index in [1.807, 2.05) is 11.9 Å². The van der Waals surface area contributed by atoms with Crippen molar-refractivity contribution in [2.75, 3.05) is 20.7 Å². The zero-order valence-electron chi connectivity index (χ0n) is 15.8. The van der Waals surface area contributed by atoms with Crippen LogP contribution >= 0.6 is 12.4 Å². The minimum atomic E-state index is -2.79. The van der Waals surface area contributed by atoms with Gasteiger partial charge in [0.25, 0.3) is 11.8 Å². The number of ether oxygens (including phenoxy) is 2. The van der Waals surface area contributed by atoms with E-state index in [9.17, 15) is 18.0 Å². The van der Waals surface area contributed by atoms with Crippen molar-refractivity contribution in [3.63, 3.8) is 0 Å². The molecule has 1 amide bonds. The Bertz CT molecular complexity index is 708. The Hall–Kier alpha value is -1.74. The largest absolute Gasteiger partial charge is 0.481 e. The first-order chi connectivity index (χ1) is 12.8. The van der Waals surface area contributed by atoms with Crippen LogP contribution in [-0.4, -0.2) is 54.6 Å². The Morgan fingerprint density at radius 1 is 1.39 bits per heavy atom. The molecule has 0 aromatic carbocycles. The van der Waals surface area contributed by atoms with E-state index in [0.29, 0.717) is 5.56 Å². The standard InChI is InChI=1S/C18H24F3N3O3.ClH/c1-24-7-3-4-14(24)15(25)22-10-11-8-13(19)17(23-16(11)26-2)27-12-5-6-18(20,21)9-12;/h8,12,14H,3-7,9-10H2,1-2H3,(H,22,25);1H/t12-,14?;/m1./s1. The molecule has 6 nitrogen and oxygen atoms in total. The Balaban J connectivity index is 0.00000280. The van der Waals surface area contributed by atoms with Gasteiger partial charge in [-0.05, 0) is 38.9 Å². The summed E-state index contributed by atoms with van der Waals surface area (Å²) in [5.41, 5.74) is 0.355. The van der Waals surface area contributed by atoms with Crippen LogP contribution in [0.2, 0.25) is 0 Å². The van der Waals surface area contributed by atoms with Crippen molar-refractivity contribution in [2.45, 2.75) is 56.7 Å². The molecule has 1 unspecified atom stereocenters. The summed E-state index contributed by atoms with van der Waals surface area (Å²) in [6, 6.07) is 0.966. The van der Waals surface area contributed by atoms with Crippen LogP contribution in [0.1, 0.15) is 37.7 Å². The van der Waals surface area contributed by atoms with Gasteiger partial charge in [0.05, 0.1) is 13.2 Å². The van der Waals surface area contributed by atoms with Crippen LogP contribution < -0.4 is 14.8 Å². The molecule has 1 saturated heterocycles. The van der Waals surface area contributed by atoms with E-state index < -0.39 is 24.3 Å². The highest BCUT2D eigenvalue weighted by Crippen LogP contribution is 2.37. The molecule has 1 saturated carbocycles. The molecular weight excluding hydrogens is 399 g/mol. The van der Waals surface area contributed by atoms with E-state index in [0.717, 1.165) is 25.5 Å². The third kappa shape index (κ3) is 5.20. The lowest BCUT2D eigenvalue weighted by Gasteiger charge is -2.19. The first kappa shape index (κ1) is 22.5. The molecule has 3 rings (SSSR count). The summed E-state index contributed by atoms with van der Waals surface area (Å²) >= 11 is 0. The summed E-state index contributed by atoms with van der Waals surface area (Å²) in [4.78, 5) is 18.2. The molecule has 0 bridgehead atoms. The lowest BCUT2D eigenvalue weighted by Crippen LogP contribution is -2.41. The van der Waals surface area contributed by atoms with Crippen LogP contribution in [0.25, 0.3) is 0 Å². The first-order valence-electron chi connectivity index (χ1n) is 9.05. The number of amides is 1. The second-order valence-corrected chi connectivity index (χ2v) is 7.14. The number of likely N-dealkylation sites (N-methyl/N-ethyl adjacent to an activating group) is 1. The molecule has 10 heteroatoms. The van der Waals surface area contributed by atoms with Crippen LogP contribution in [0.5, 0.6) is 11.8 Å². The summed E-state index contributed by atoms with van der Waals surface area (Å²) in [5.74, 6) is -3.96. The van der Waals surface area contributed by atoms with Gasteiger partial charge in [-0.25, -0.2) is 13.2 Å². The first-order valence-corrected chi connectivity index (χ1v) is 9.05. The molecule has 1 aliphatic carbocycles. The van der Waals surface area contributed by atoms with Crippen LogP contribution in [-0.2, 0) is 11.3 Å². The predicted molar refractivity (Wildman–Crippen MR) is 98.7 cm³/mol. The number of pyridine rings is 1. The molecule has 2 fully saturated rings. The Labute approximate surface area is 168 Å². The van der Waals surface area contributed by atoms with Crippen molar-refractivity contribution >= 4 is 18.3 Å². The van der Waals surface area contributed by atoms with Crippen LogP contribution in [0.3, 0.4) is 0 Å². The number of hydrogen-bond donors (Lipinski definition) is 1. The van der Waals surface area contributed by atoms with E-state index in [1.54, 1.807) is 0 Å². The number of methoxy groups -OCH3 is 1. The average molecular weight is 424 g/mol. The predicted octanol–water partition coefficient (Wildman–Crippen LogP) is 2.93. The average Bonchev–Trinajstić information content (AvgIpc) is 3.19. The number of alkyl halides is 2. The summed E-state index contributed by atoms with van der Waals surface area (Å²) in [5, 5.41) is 2.77. The van der Waals surface area contributed by atoms with Crippen molar-refractivity contribution in [3.8, 4) is 11.8 Å². The van der Waals surface area contributed by atoms with E-state index in [2.05, 4.69) is 10.3 Å². The molecule has 1 N–H and O–H groups in total. The van der Waals surface area contributed by atoms with E-state index in [1.165, 1.54) is 7.11 Å². The van der Waals surface area contributed by atoms with Crippen molar-refractivity contribution in [1.82, 2.24) is 15.2 Å². The number of halogens is 4. The lowest BCUT2D eigenvalue weighted by molar-refractivity contribution is -0.125. The number of carbonyl (C=O) groups is 1. The van der Waals surface area contributed by atoms with Crippen molar-refractivity contribution in [3.05, 3.63) is 17.4 Å². The van der Waals surface area contributed by atoms with E-state index in [4.69, 9.17) is 9.47 Å². The fourth-order valence-electron chi connectivity index (χ4n) is 3.59. The Morgan fingerprint density at radius 2 is 2.14 bits per heavy atom. The third-order valence-corrected chi connectivity index (χ3v) is 5.09. The fraction of sp³-hybridized carbons (Fsp3) is 0.667. The Morgan fingerprint density at radius 3 is 2.71 bits per heavy atom. The molecule has 28 heavy (non-hydrogen) atoms. The molecule has 2 aliphatic rings. The maximum atomic E-state index is 14.3. The van der Waals surface area contributed by atoms with Gasteiger partial charge in [0.1, 0.15) is 6.10 Å². The van der Waals surface area contributed by atoms with E-state index >= 15 is 0 Å². The van der Waals surface area contributed by atoms with Gasteiger partial charge in [-0.2, -0.15) is 4.98 Å². The van der Waals surface area contributed by atoms with Gasteiger partial charge < -0.3 is 14.8 Å².